The van der Waals surface area contributed by atoms with Gasteiger partial charge in [-0.25, -0.2) is 9.03 Å². The van der Waals surface area contributed by atoms with Gasteiger partial charge in [0.25, 0.3) is 22.9 Å². The number of rotatable bonds is 13. The van der Waals surface area contributed by atoms with Gasteiger partial charge in [-0.3, -0.25) is 28.3 Å². The molecule has 10 aromatic rings. The lowest BCUT2D eigenvalue weighted by molar-refractivity contribution is -0.137. The summed E-state index contributed by atoms with van der Waals surface area (Å²) in [6.45, 7) is 10.7. The summed E-state index contributed by atoms with van der Waals surface area (Å²) in [4.78, 5) is 61.3. The number of alkyl halides is 3. The molecule has 0 N–H and O–H groups in total. The number of hydrogen-bond acceptors (Lipinski definition) is 10. The van der Waals surface area contributed by atoms with Crippen molar-refractivity contribution in [1.29, 1.82) is 0 Å². The topological polar surface area (TPSA) is 181 Å². The van der Waals surface area contributed by atoms with E-state index in [9.17, 15) is 27.6 Å². The fourth-order valence-electron chi connectivity index (χ4n) is 11.9. The van der Waals surface area contributed by atoms with Crippen molar-refractivity contribution in [1.82, 2.24) is 67.7 Å². The van der Waals surface area contributed by atoms with E-state index < -0.39 is 28.7 Å². The predicted octanol–water partition coefficient (Wildman–Crippen LogP) is 11.1. The SMILES string of the molecule is CC(C)Cc1cnn2c3c(c(=O)n(-c4ccc(-c5nncn5CCC(C)Cc5cnn6c7c(c(=O)n(-c8ccc(-c9nncn9C)cc8)c56)C[C@@H](C)N(C(=O)c5ccc(Cl)c(C(F)(F)F)c5)C7)cc4)c12)C[C@@H](C)N(C(=O)c1ccc(Br)c(Cl)c1)C3. The summed E-state index contributed by atoms with van der Waals surface area (Å²) >= 11 is 15.8. The molecule has 436 valence electrons. The first-order chi connectivity index (χ1) is 40.6. The van der Waals surface area contributed by atoms with Crippen LogP contribution in [-0.4, -0.2) is 91.6 Å². The maximum absolute atomic E-state index is 15.0. The van der Waals surface area contributed by atoms with E-state index in [1.54, 1.807) is 67.1 Å². The van der Waals surface area contributed by atoms with E-state index in [0.717, 1.165) is 34.4 Å². The van der Waals surface area contributed by atoms with E-state index in [1.807, 2.05) is 77.8 Å². The fraction of sp³-hybridized carbons (Fsp3) is 0.311. The first-order valence-corrected chi connectivity index (χ1v) is 29.3. The standard InChI is InChI=1S/C61H56BrCl2F3N14O4/c1-33(2)21-41-27-70-80-51-30-77(58(83)40-11-17-48(62)50(64)26-40)36(5)24-45(51)59(84)78(55(41)80)44-15-9-38(10-16-44)54-73-69-32-75(54)20-19-34(3)22-42-28-71-81-52-29-76(57(82)39-12-18-49(63)47(25-39)61(65,66)67)35(4)23-46(52)60(85)79(56(42)81)43-13-7-37(8-14-43)53-72-68-31-74(53)6/h7-18,25-28,31-36H,19-24,29-30H2,1-6H3/t34?,35-,36-/m1/s1. The molecule has 0 spiro atoms. The van der Waals surface area contributed by atoms with Crippen LogP contribution in [0.4, 0.5) is 13.2 Å². The fourth-order valence-corrected chi connectivity index (χ4v) is 12.6. The Bertz CT molecular complexity index is 4410. The van der Waals surface area contributed by atoms with Crippen LogP contribution in [0.15, 0.2) is 124 Å². The Morgan fingerprint density at radius 3 is 1.69 bits per heavy atom. The number of hydrogen-bond donors (Lipinski definition) is 0. The van der Waals surface area contributed by atoms with E-state index in [0.29, 0.717) is 104 Å². The maximum atomic E-state index is 15.0. The second kappa shape index (κ2) is 22.3. The number of aryl methyl sites for hydroxylation is 2. The van der Waals surface area contributed by atoms with Gasteiger partial charge < -0.3 is 18.9 Å². The highest BCUT2D eigenvalue weighted by Gasteiger charge is 2.38. The molecule has 0 saturated carbocycles. The first-order valence-electron chi connectivity index (χ1n) is 27.8. The summed E-state index contributed by atoms with van der Waals surface area (Å²) in [6.07, 6.45) is 4.31. The van der Waals surface area contributed by atoms with Crippen LogP contribution >= 0.6 is 39.1 Å². The van der Waals surface area contributed by atoms with Gasteiger partial charge in [0.05, 0.1) is 63.9 Å². The van der Waals surface area contributed by atoms with Gasteiger partial charge in [-0.05, 0) is 159 Å². The summed E-state index contributed by atoms with van der Waals surface area (Å²) in [5.74, 6) is 0.708. The smallest absolute Gasteiger partial charge is 0.330 e. The molecule has 12 rings (SSSR count). The molecule has 2 aliphatic heterocycles. The van der Waals surface area contributed by atoms with Gasteiger partial charge in [-0.15, -0.1) is 20.4 Å². The molecule has 0 bridgehead atoms. The predicted molar refractivity (Wildman–Crippen MR) is 318 cm³/mol. The number of carbonyl (C=O) groups excluding carboxylic acids is 2. The van der Waals surface area contributed by atoms with Gasteiger partial charge in [0.2, 0.25) is 0 Å². The number of fused-ring (bicyclic) bond motifs is 6. The van der Waals surface area contributed by atoms with Crippen LogP contribution in [0.1, 0.15) is 101 Å². The summed E-state index contributed by atoms with van der Waals surface area (Å²) in [5, 5.41) is 26.8. The molecule has 4 aromatic carbocycles. The van der Waals surface area contributed by atoms with Crippen molar-refractivity contribution >= 4 is 62.2 Å². The van der Waals surface area contributed by atoms with Crippen LogP contribution in [0.3, 0.4) is 0 Å². The minimum Gasteiger partial charge on any atom is -0.330 e. The van der Waals surface area contributed by atoms with Crippen molar-refractivity contribution in [3.8, 4) is 34.2 Å². The van der Waals surface area contributed by atoms with Crippen molar-refractivity contribution < 1.29 is 22.8 Å². The molecule has 2 aliphatic rings. The van der Waals surface area contributed by atoms with Crippen LogP contribution in [-0.2, 0) is 58.5 Å². The molecule has 1 unspecified atom stereocenters. The molecule has 8 heterocycles. The third-order valence-electron chi connectivity index (χ3n) is 16.3. The lowest BCUT2D eigenvalue weighted by Crippen LogP contribution is -2.46. The van der Waals surface area contributed by atoms with Crippen LogP contribution < -0.4 is 11.1 Å². The van der Waals surface area contributed by atoms with Crippen LogP contribution in [0.25, 0.3) is 45.4 Å². The quantitative estimate of drug-likeness (QED) is 0.108. The maximum Gasteiger partial charge on any atom is 0.417 e. The van der Waals surface area contributed by atoms with E-state index in [1.165, 1.54) is 11.0 Å². The highest BCUT2D eigenvalue weighted by Crippen LogP contribution is 2.37. The lowest BCUT2D eigenvalue weighted by atomic mass is 9.97. The van der Waals surface area contributed by atoms with E-state index in [2.05, 4.69) is 57.1 Å². The number of aromatic nitrogens is 12. The van der Waals surface area contributed by atoms with E-state index in [-0.39, 0.29) is 60.0 Å². The van der Waals surface area contributed by atoms with Gasteiger partial charge >= 0.3 is 6.18 Å². The third-order valence-corrected chi connectivity index (χ3v) is 17.8. The molecule has 0 saturated heterocycles. The van der Waals surface area contributed by atoms with Gasteiger partial charge in [0.15, 0.2) is 11.6 Å². The average molecular weight is 1260 g/mol. The molecular formula is C61H56BrCl2F3N14O4. The Morgan fingerprint density at radius 1 is 0.671 bits per heavy atom. The summed E-state index contributed by atoms with van der Waals surface area (Å²) in [7, 11) is 1.84. The molecular weight excluding hydrogens is 1200 g/mol. The van der Waals surface area contributed by atoms with Crippen LogP contribution in [0, 0.1) is 11.8 Å². The Morgan fingerprint density at radius 2 is 1.18 bits per heavy atom. The van der Waals surface area contributed by atoms with Gasteiger partial charge in [0.1, 0.15) is 23.9 Å². The zero-order valence-corrected chi connectivity index (χ0v) is 50.1. The lowest BCUT2D eigenvalue weighted by Gasteiger charge is -2.35. The Kier molecular flexibility index (Phi) is 15.0. The second-order valence-corrected chi connectivity index (χ2v) is 24.3. The summed E-state index contributed by atoms with van der Waals surface area (Å²) in [6, 6.07) is 22.5. The second-order valence-electron chi connectivity index (χ2n) is 22.6. The molecule has 3 atom stereocenters. The zero-order valence-electron chi connectivity index (χ0n) is 47.0. The van der Waals surface area contributed by atoms with Crippen molar-refractivity contribution in [2.24, 2.45) is 18.9 Å². The average Bonchev–Trinajstić information content (AvgIpc) is 1.85. The van der Waals surface area contributed by atoms with E-state index >= 15 is 4.79 Å². The molecule has 24 heteroatoms. The molecule has 0 aliphatic carbocycles. The van der Waals surface area contributed by atoms with Gasteiger partial charge in [-0.1, -0.05) is 44.0 Å². The minimum atomic E-state index is -4.78. The number of benzene rings is 4. The normalized spacial score (nSPS) is 15.7. The first kappa shape index (κ1) is 57.2. The summed E-state index contributed by atoms with van der Waals surface area (Å²) < 4.78 is 53.3. The Hall–Kier alpha value is -8.21. The van der Waals surface area contributed by atoms with Crippen LogP contribution in [0.5, 0.6) is 0 Å². The van der Waals surface area contributed by atoms with E-state index in [4.69, 9.17) is 33.4 Å². The number of amides is 2. The number of nitrogens with zero attached hydrogens (tertiary/aromatic N) is 14. The van der Waals surface area contributed by atoms with Crippen molar-refractivity contribution in [3.63, 3.8) is 0 Å². The minimum absolute atomic E-state index is 0.00972. The molecule has 0 radical (unpaired) electrons. The largest absolute Gasteiger partial charge is 0.417 e. The van der Waals surface area contributed by atoms with Gasteiger partial charge in [-0.2, -0.15) is 23.4 Å². The van der Waals surface area contributed by atoms with Crippen molar-refractivity contribution in [2.75, 3.05) is 0 Å². The molecule has 2 amide bonds. The third kappa shape index (κ3) is 10.4. The number of halogens is 6. The monoisotopic (exact) mass is 1250 g/mol. The highest BCUT2D eigenvalue weighted by atomic mass is 79.9. The molecule has 6 aromatic heterocycles. The van der Waals surface area contributed by atoms with Crippen LogP contribution in [0.2, 0.25) is 10.0 Å². The Balaban J connectivity index is 0.827. The Labute approximate surface area is 503 Å². The highest BCUT2D eigenvalue weighted by molar-refractivity contribution is 9.10. The molecule has 18 nitrogen and oxygen atoms in total. The summed E-state index contributed by atoms with van der Waals surface area (Å²) in [5.41, 5.74) is 6.44. The number of carbonyl (C=O) groups is 2. The van der Waals surface area contributed by atoms with Crippen molar-refractivity contribution in [3.05, 3.63) is 196 Å². The van der Waals surface area contributed by atoms with Gasteiger partial charge in [0, 0.05) is 74.7 Å². The zero-order chi connectivity index (χ0) is 59.9. The molecule has 0 fully saturated rings. The molecule has 85 heavy (non-hydrogen) atoms. The van der Waals surface area contributed by atoms with Crippen molar-refractivity contribution in [2.45, 2.75) is 105 Å².